The number of phenols is 1. The van der Waals surface area contributed by atoms with Gasteiger partial charge in [0.2, 0.25) is 0 Å². The second-order valence-corrected chi connectivity index (χ2v) is 4.17. The van der Waals surface area contributed by atoms with E-state index in [-0.39, 0.29) is 11.4 Å². The van der Waals surface area contributed by atoms with E-state index in [0.717, 1.165) is 10.9 Å². The van der Waals surface area contributed by atoms with Crippen LogP contribution in [0.25, 0.3) is 16.6 Å². The van der Waals surface area contributed by atoms with Gasteiger partial charge in [-0.05, 0) is 30.3 Å². The summed E-state index contributed by atoms with van der Waals surface area (Å²) in [4.78, 5) is 11.4. The van der Waals surface area contributed by atoms with Gasteiger partial charge in [-0.1, -0.05) is 18.2 Å². The van der Waals surface area contributed by atoms with Crippen molar-refractivity contribution in [2.24, 2.45) is 0 Å². The van der Waals surface area contributed by atoms with Crippen LogP contribution in [0.1, 0.15) is 10.5 Å². The number of nitrogens with zero attached hydrogens (tertiary/aromatic N) is 1. The minimum absolute atomic E-state index is 0.0931. The van der Waals surface area contributed by atoms with Crippen LogP contribution in [0.15, 0.2) is 48.5 Å². The van der Waals surface area contributed by atoms with Crippen LogP contribution in [-0.2, 0) is 0 Å². The Morgan fingerprint density at radius 2 is 2.05 bits per heavy atom. The Kier molecular flexibility index (Phi) is 2.49. The van der Waals surface area contributed by atoms with Crippen LogP contribution >= 0.6 is 0 Å². The topological polar surface area (TPSA) is 62.5 Å². The highest BCUT2D eigenvalue weighted by Crippen LogP contribution is 2.26. The summed E-state index contributed by atoms with van der Waals surface area (Å²) in [7, 11) is 0. The molecule has 2 aromatic carbocycles. The first kappa shape index (κ1) is 11.3. The number of carbonyl (C=O) groups is 1. The third-order valence-corrected chi connectivity index (χ3v) is 2.96. The maximum atomic E-state index is 11.4. The molecule has 0 aliphatic carbocycles. The summed E-state index contributed by atoms with van der Waals surface area (Å²) in [6.07, 6.45) is 0. The Bertz CT molecular complexity index is 774. The number of carboxylic acid groups (broad SMARTS) is 1. The number of hydrogen-bond acceptors (Lipinski definition) is 2. The maximum Gasteiger partial charge on any atom is 0.352 e. The minimum atomic E-state index is -1.01. The maximum absolute atomic E-state index is 11.4. The largest absolute Gasteiger partial charge is 0.508 e. The number of benzene rings is 2. The van der Waals surface area contributed by atoms with Gasteiger partial charge in [-0.25, -0.2) is 4.79 Å². The standard InChI is InChI=1S/C15H10NO3/c17-12-6-3-5-11(9-12)16-13-7-2-1-4-10(13)8-14(16)15(18)19/h1,3-9,17H,(H,18,19). The van der Waals surface area contributed by atoms with Gasteiger partial charge in [-0.2, -0.15) is 0 Å². The van der Waals surface area contributed by atoms with Crippen LogP contribution in [0.5, 0.6) is 5.75 Å². The fraction of sp³-hybridized carbons (Fsp3) is 0. The predicted octanol–water partition coefficient (Wildman–Crippen LogP) is 2.83. The molecule has 4 nitrogen and oxygen atoms in total. The molecule has 0 saturated carbocycles. The number of aromatic carboxylic acids is 1. The van der Waals surface area contributed by atoms with Crippen molar-refractivity contribution in [3.63, 3.8) is 0 Å². The zero-order chi connectivity index (χ0) is 13.4. The van der Waals surface area contributed by atoms with Crippen LogP contribution < -0.4 is 0 Å². The molecule has 0 aliphatic rings. The predicted molar refractivity (Wildman–Crippen MR) is 70.7 cm³/mol. The van der Waals surface area contributed by atoms with Crippen LogP contribution in [0.3, 0.4) is 0 Å². The third kappa shape index (κ3) is 1.83. The van der Waals surface area contributed by atoms with Gasteiger partial charge in [-0.15, -0.1) is 0 Å². The SMILES string of the molecule is O=C(O)c1cc2cc[c]cc2n1-c1cccc(O)c1. The molecule has 3 rings (SSSR count). The number of aromatic hydroxyl groups is 1. The summed E-state index contributed by atoms with van der Waals surface area (Å²) in [5.74, 6) is -0.921. The first-order valence-electron chi connectivity index (χ1n) is 5.71. The number of aromatic nitrogens is 1. The van der Waals surface area contributed by atoms with Gasteiger partial charge < -0.3 is 14.8 Å². The first-order chi connectivity index (χ1) is 9.16. The molecule has 1 heterocycles. The number of hydrogen-bond donors (Lipinski definition) is 2. The molecule has 0 atom stereocenters. The van der Waals surface area contributed by atoms with Crippen molar-refractivity contribution < 1.29 is 15.0 Å². The second kappa shape index (κ2) is 4.17. The first-order valence-corrected chi connectivity index (χ1v) is 5.71. The van der Waals surface area contributed by atoms with Crippen molar-refractivity contribution in [2.75, 3.05) is 0 Å². The normalized spacial score (nSPS) is 10.7. The monoisotopic (exact) mass is 252 g/mol. The lowest BCUT2D eigenvalue weighted by molar-refractivity contribution is 0.0688. The smallest absolute Gasteiger partial charge is 0.352 e. The average Bonchev–Trinajstić information content (AvgIpc) is 2.78. The molecule has 2 N–H and O–H groups in total. The zero-order valence-electron chi connectivity index (χ0n) is 9.87. The number of carboxylic acids is 1. The lowest BCUT2D eigenvalue weighted by Gasteiger charge is -2.08. The molecule has 4 heteroatoms. The van der Waals surface area contributed by atoms with E-state index in [1.54, 1.807) is 47.0 Å². The molecule has 1 aromatic heterocycles. The van der Waals surface area contributed by atoms with Crippen molar-refractivity contribution in [3.05, 3.63) is 60.3 Å². The van der Waals surface area contributed by atoms with Gasteiger partial charge in [0.25, 0.3) is 0 Å². The van der Waals surface area contributed by atoms with Gasteiger partial charge in [0.1, 0.15) is 11.4 Å². The van der Waals surface area contributed by atoms with Crippen molar-refractivity contribution in [1.29, 1.82) is 0 Å². The summed E-state index contributed by atoms with van der Waals surface area (Å²) in [5, 5.41) is 19.7. The molecule has 93 valence electrons. The molecule has 0 spiro atoms. The van der Waals surface area contributed by atoms with Gasteiger partial charge in [-0.3, -0.25) is 0 Å². The van der Waals surface area contributed by atoms with Crippen LogP contribution in [0.4, 0.5) is 0 Å². The van der Waals surface area contributed by atoms with E-state index < -0.39 is 5.97 Å². The van der Waals surface area contributed by atoms with E-state index in [1.165, 1.54) is 6.07 Å². The Labute approximate surface area is 109 Å². The highest BCUT2D eigenvalue weighted by atomic mass is 16.4. The van der Waals surface area contributed by atoms with Crippen molar-refractivity contribution in [2.45, 2.75) is 0 Å². The quantitative estimate of drug-likeness (QED) is 0.737. The fourth-order valence-corrected chi connectivity index (χ4v) is 2.16. The summed E-state index contributed by atoms with van der Waals surface area (Å²) >= 11 is 0. The number of fused-ring (bicyclic) bond motifs is 1. The zero-order valence-corrected chi connectivity index (χ0v) is 9.87. The molecule has 19 heavy (non-hydrogen) atoms. The Hall–Kier alpha value is -2.75. The molecule has 0 unspecified atom stereocenters. The molecule has 0 fully saturated rings. The number of phenolic OH excluding ortho intramolecular Hbond substituents is 1. The van der Waals surface area contributed by atoms with E-state index in [2.05, 4.69) is 6.07 Å². The summed E-state index contributed by atoms with van der Waals surface area (Å²) in [6.45, 7) is 0. The summed E-state index contributed by atoms with van der Waals surface area (Å²) < 4.78 is 1.59. The molecular formula is C15H10NO3. The van der Waals surface area contributed by atoms with Crippen LogP contribution in [-0.4, -0.2) is 20.7 Å². The highest BCUT2D eigenvalue weighted by Gasteiger charge is 2.15. The molecule has 1 radical (unpaired) electrons. The molecular weight excluding hydrogens is 242 g/mol. The van der Waals surface area contributed by atoms with Crippen LogP contribution in [0, 0.1) is 6.07 Å². The lowest BCUT2D eigenvalue weighted by atomic mass is 10.2. The average molecular weight is 252 g/mol. The van der Waals surface area contributed by atoms with Crippen molar-refractivity contribution in [3.8, 4) is 11.4 Å². The van der Waals surface area contributed by atoms with E-state index in [1.807, 2.05) is 0 Å². The van der Waals surface area contributed by atoms with Crippen molar-refractivity contribution in [1.82, 2.24) is 4.57 Å². The molecule has 0 aliphatic heterocycles. The van der Waals surface area contributed by atoms with Crippen molar-refractivity contribution >= 4 is 16.9 Å². The third-order valence-electron chi connectivity index (χ3n) is 2.96. The van der Waals surface area contributed by atoms with Gasteiger partial charge in [0, 0.05) is 11.5 Å². The fourth-order valence-electron chi connectivity index (χ4n) is 2.16. The van der Waals surface area contributed by atoms with E-state index in [0.29, 0.717) is 5.69 Å². The van der Waals surface area contributed by atoms with Crippen LogP contribution in [0.2, 0.25) is 0 Å². The number of rotatable bonds is 2. The second-order valence-electron chi connectivity index (χ2n) is 4.17. The summed E-state index contributed by atoms with van der Waals surface area (Å²) in [6, 6.07) is 16.3. The minimum Gasteiger partial charge on any atom is -0.508 e. The summed E-state index contributed by atoms with van der Waals surface area (Å²) in [5.41, 5.74) is 1.50. The van der Waals surface area contributed by atoms with E-state index in [9.17, 15) is 15.0 Å². The van der Waals surface area contributed by atoms with Gasteiger partial charge in [0.15, 0.2) is 0 Å². The lowest BCUT2D eigenvalue weighted by Crippen LogP contribution is -2.06. The molecule has 0 bridgehead atoms. The van der Waals surface area contributed by atoms with E-state index in [4.69, 9.17) is 0 Å². The Morgan fingerprint density at radius 3 is 2.79 bits per heavy atom. The van der Waals surface area contributed by atoms with Gasteiger partial charge >= 0.3 is 5.97 Å². The highest BCUT2D eigenvalue weighted by molar-refractivity contribution is 5.96. The Morgan fingerprint density at radius 1 is 1.21 bits per heavy atom. The van der Waals surface area contributed by atoms with E-state index >= 15 is 0 Å². The molecule has 3 aromatic rings. The van der Waals surface area contributed by atoms with Gasteiger partial charge in [0.05, 0.1) is 11.2 Å². The molecule has 0 saturated heterocycles. The molecule has 0 amide bonds. The Balaban J connectivity index is 2.38.